The molecule has 146 valence electrons. The molecule has 0 radical (unpaired) electrons. The summed E-state index contributed by atoms with van der Waals surface area (Å²) in [6.45, 7) is 6.31. The first-order valence-electron chi connectivity index (χ1n) is 9.17. The van der Waals surface area contributed by atoms with Crippen LogP contribution >= 0.6 is 0 Å². The van der Waals surface area contributed by atoms with Gasteiger partial charge in [-0.15, -0.1) is 0 Å². The van der Waals surface area contributed by atoms with E-state index in [1.807, 2.05) is 20.8 Å². The largest absolute Gasteiger partial charge is 0.494 e. The van der Waals surface area contributed by atoms with Gasteiger partial charge in [0.1, 0.15) is 11.3 Å². The third-order valence-corrected chi connectivity index (χ3v) is 4.02. The van der Waals surface area contributed by atoms with Gasteiger partial charge in [0.15, 0.2) is 11.5 Å². The number of fused-ring (bicyclic) bond motifs is 1. The summed E-state index contributed by atoms with van der Waals surface area (Å²) >= 11 is 0. The van der Waals surface area contributed by atoms with Crippen LogP contribution in [0.25, 0.3) is 11.1 Å². The maximum atomic E-state index is 12.2. The van der Waals surface area contributed by atoms with E-state index in [1.54, 1.807) is 42.5 Å². The molecule has 0 saturated heterocycles. The summed E-state index contributed by atoms with van der Waals surface area (Å²) in [5.74, 6) is 0.878. The van der Waals surface area contributed by atoms with Crippen molar-refractivity contribution in [3.05, 3.63) is 53.9 Å². The van der Waals surface area contributed by atoms with Crippen LogP contribution in [0.5, 0.6) is 5.75 Å². The molecule has 0 spiro atoms. The Morgan fingerprint density at radius 1 is 1.14 bits per heavy atom. The number of anilines is 1. The molecule has 2 amide bonds. The van der Waals surface area contributed by atoms with Crippen molar-refractivity contribution in [2.45, 2.75) is 26.7 Å². The molecule has 0 bridgehead atoms. The molecule has 0 unspecified atom stereocenters. The Labute approximate surface area is 163 Å². The van der Waals surface area contributed by atoms with Gasteiger partial charge in [0, 0.05) is 17.2 Å². The minimum Gasteiger partial charge on any atom is -0.494 e. The molecule has 0 aliphatic carbocycles. The molecule has 1 heterocycles. The number of carbonyl (C=O) groups is 2. The Bertz CT molecular complexity index is 977. The van der Waals surface area contributed by atoms with Crippen LogP contribution in [-0.2, 0) is 4.79 Å². The lowest BCUT2D eigenvalue weighted by Crippen LogP contribution is -2.32. The van der Waals surface area contributed by atoms with Crippen LogP contribution < -0.4 is 15.4 Å². The highest BCUT2D eigenvalue weighted by molar-refractivity contribution is 5.99. The first kappa shape index (κ1) is 19.4. The van der Waals surface area contributed by atoms with Crippen molar-refractivity contribution in [2.75, 3.05) is 18.5 Å². The van der Waals surface area contributed by atoms with E-state index in [2.05, 4.69) is 15.6 Å². The van der Waals surface area contributed by atoms with Gasteiger partial charge in [-0.25, -0.2) is 4.98 Å². The van der Waals surface area contributed by atoms with Crippen LogP contribution in [0.4, 0.5) is 5.69 Å². The van der Waals surface area contributed by atoms with Crippen molar-refractivity contribution in [1.29, 1.82) is 0 Å². The molecule has 1 aromatic heterocycles. The topological polar surface area (TPSA) is 93.5 Å². The van der Waals surface area contributed by atoms with Gasteiger partial charge in [0.25, 0.3) is 5.91 Å². The fraction of sp³-hybridized carbons (Fsp3) is 0.286. The molecule has 2 N–H and O–H groups in total. The van der Waals surface area contributed by atoms with Gasteiger partial charge < -0.3 is 19.8 Å². The molecule has 3 aromatic rings. The van der Waals surface area contributed by atoms with Crippen LogP contribution in [-0.4, -0.2) is 29.9 Å². The van der Waals surface area contributed by atoms with Crippen LogP contribution in [0.3, 0.4) is 0 Å². The number of nitrogens with one attached hydrogen (secondary N) is 2. The second-order valence-electron chi connectivity index (χ2n) is 6.58. The van der Waals surface area contributed by atoms with E-state index >= 15 is 0 Å². The predicted molar refractivity (Wildman–Crippen MR) is 107 cm³/mol. The zero-order valence-corrected chi connectivity index (χ0v) is 16.1. The molecule has 7 heteroatoms. The van der Waals surface area contributed by atoms with Crippen molar-refractivity contribution in [1.82, 2.24) is 10.3 Å². The highest BCUT2D eigenvalue weighted by atomic mass is 16.5. The lowest BCUT2D eigenvalue weighted by molar-refractivity contribution is -0.115. The Morgan fingerprint density at radius 2 is 1.89 bits per heavy atom. The zero-order chi connectivity index (χ0) is 20.1. The van der Waals surface area contributed by atoms with Crippen LogP contribution in [0.1, 0.15) is 42.9 Å². The number of amides is 2. The van der Waals surface area contributed by atoms with Gasteiger partial charge in [-0.2, -0.15) is 0 Å². The van der Waals surface area contributed by atoms with Crippen molar-refractivity contribution in [3.8, 4) is 5.75 Å². The third kappa shape index (κ3) is 4.68. The maximum absolute atomic E-state index is 12.2. The van der Waals surface area contributed by atoms with Crippen LogP contribution in [0.15, 0.2) is 46.9 Å². The van der Waals surface area contributed by atoms with Gasteiger partial charge in [0.05, 0.1) is 13.2 Å². The van der Waals surface area contributed by atoms with E-state index in [0.717, 1.165) is 0 Å². The number of nitrogens with zero attached hydrogens (tertiary/aromatic N) is 1. The lowest BCUT2D eigenvalue weighted by atomic mass is 10.2. The molecule has 0 saturated carbocycles. The molecule has 0 atom stereocenters. The summed E-state index contributed by atoms with van der Waals surface area (Å²) in [5, 5.41) is 5.35. The minimum atomic E-state index is -0.328. The first-order chi connectivity index (χ1) is 13.5. The third-order valence-electron chi connectivity index (χ3n) is 4.02. The Morgan fingerprint density at radius 3 is 2.57 bits per heavy atom. The smallest absolute Gasteiger partial charge is 0.251 e. The summed E-state index contributed by atoms with van der Waals surface area (Å²) in [4.78, 5) is 28.7. The molecule has 0 aliphatic heterocycles. The zero-order valence-electron chi connectivity index (χ0n) is 16.1. The highest BCUT2D eigenvalue weighted by Crippen LogP contribution is 2.23. The first-order valence-corrected chi connectivity index (χ1v) is 9.17. The number of ether oxygens (including phenoxy) is 1. The minimum absolute atomic E-state index is 0.139. The number of benzene rings is 2. The van der Waals surface area contributed by atoms with Crippen LogP contribution in [0, 0.1) is 0 Å². The molecular formula is C21H23N3O4. The number of hydrogen-bond donors (Lipinski definition) is 2. The normalized spacial score (nSPS) is 10.9. The SMILES string of the molecule is CCOc1ccc(C(=O)NCC(=O)Nc2ccc3oc(C(C)C)nc3c2)cc1. The number of hydrogen-bond acceptors (Lipinski definition) is 5. The second-order valence-corrected chi connectivity index (χ2v) is 6.58. The molecular weight excluding hydrogens is 358 g/mol. The Balaban J connectivity index is 1.56. The average Bonchev–Trinajstić information content (AvgIpc) is 3.11. The van der Waals surface area contributed by atoms with Crippen LogP contribution in [0.2, 0.25) is 0 Å². The Kier molecular flexibility index (Phi) is 5.93. The predicted octanol–water partition coefficient (Wildman–Crippen LogP) is 3.72. The van der Waals surface area contributed by atoms with Crippen molar-refractivity contribution < 1.29 is 18.7 Å². The summed E-state index contributed by atoms with van der Waals surface area (Å²) in [7, 11) is 0. The van der Waals surface area contributed by atoms with Crippen molar-refractivity contribution in [2.24, 2.45) is 0 Å². The van der Waals surface area contributed by atoms with E-state index in [9.17, 15) is 9.59 Å². The van der Waals surface area contributed by atoms with E-state index in [1.165, 1.54) is 0 Å². The highest BCUT2D eigenvalue weighted by Gasteiger charge is 2.12. The number of carbonyl (C=O) groups excluding carboxylic acids is 2. The van der Waals surface area contributed by atoms with Crippen molar-refractivity contribution >= 4 is 28.6 Å². The Hall–Kier alpha value is -3.35. The van der Waals surface area contributed by atoms with Gasteiger partial charge >= 0.3 is 0 Å². The van der Waals surface area contributed by atoms with E-state index in [0.29, 0.717) is 40.6 Å². The molecule has 0 aliphatic rings. The average molecular weight is 381 g/mol. The van der Waals surface area contributed by atoms with Crippen molar-refractivity contribution in [3.63, 3.8) is 0 Å². The summed E-state index contributed by atoms with van der Waals surface area (Å²) < 4.78 is 11.0. The monoisotopic (exact) mass is 381 g/mol. The molecule has 2 aromatic carbocycles. The lowest BCUT2D eigenvalue weighted by Gasteiger charge is -2.08. The summed E-state index contributed by atoms with van der Waals surface area (Å²) in [5.41, 5.74) is 2.41. The summed E-state index contributed by atoms with van der Waals surface area (Å²) in [6, 6.07) is 12.0. The van der Waals surface area contributed by atoms with Gasteiger partial charge in [-0.05, 0) is 49.4 Å². The van der Waals surface area contributed by atoms with E-state index in [-0.39, 0.29) is 24.3 Å². The van der Waals surface area contributed by atoms with Gasteiger partial charge in [-0.3, -0.25) is 9.59 Å². The number of oxazole rings is 1. The van der Waals surface area contributed by atoms with E-state index in [4.69, 9.17) is 9.15 Å². The maximum Gasteiger partial charge on any atom is 0.251 e. The molecule has 28 heavy (non-hydrogen) atoms. The van der Waals surface area contributed by atoms with Gasteiger partial charge in [-0.1, -0.05) is 13.8 Å². The number of aromatic nitrogens is 1. The second kappa shape index (κ2) is 8.56. The van der Waals surface area contributed by atoms with E-state index < -0.39 is 0 Å². The fourth-order valence-corrected chi connectivity index (χ4v) is 2.61. The molecule has 3 rings (SSSR count). The number of rotatable bonds is 7. The molecule has 7 nitrogen and oxygen atoms in total. The summed E-state index contributed by atoms with van der Waals surface area (Å²) in [6.07, 6.45) is 0. The fourth-order valence-electron chi connectivity index (χ4n) is 2.61. The standard InChI is InChI=1S/C21H23N3O4/c1-4-27-16-8-5-14(6-9-16)20(26)22-12-19(25)23-15-7-10-18-17(11-15)24-21(28-18)13(2)3/h5-11,13H,4,12H2,1-3H3,(H,22,26)(H,23,25). The molecule has 0 fully saturated rings. The van der Waals surface area contributed by atoms with Gasteiger partial charge in [0.2, 0.25) is 5.91 Å². The quantitative estimate of drug-likeness (QED) is 0.651.